The van der Waals surface area contributed by atoms with Crippen LogP contribution < -0.4 is 5.32 Å². The molecule has 0 radical (unpaired) electrons. The molecule has 1 rings (SSSR count). The fourth-order valence-electron chi connectivity index (χ4n) is 1.90. The average Bonchev–Trinajstić information content (AvgIpc) is 2.50. The summed E-state index contributed by atoms with van der Waals surface area (Å²) in [6.45, 7) is 8.41. The first-order chi connectivity index (χ1) is 11.3. The molecule has 130 valence electrons. The van der Waals surface area contributed by atoms with E-state index in [1.54, 1.807) is 24.2 Å². The van der Waals surface area contributed by atoms with E-state index in [2.05, 4.69) is 22.1 Å². The van der Waals surface area contributed by atoms with Gasteiger partial charge in [0.05, 0.1) is 6.54 Å². The van der Waals surface area contributed by atoms with Gasteiger partial charge in [-0.15, -0.1) is 0 Å². The van der Waals surface area contributed by atoms with Gasteiger partial charge in [0.15, 0.2) is 0 Å². The van der Waals surface area contributed by atoms with Crippen molar-refractivity contribution in [3.63, 3.8) is 0 Å². The highest BCUT2D eigenvalue weighted by Crippen LogP contribution is 2.12. The Hall–Kier alpha value is -2.55. The van der Waals surface area contributed by atoms with Crippen LogP contribution >= 0.6 is 0 Å². The number of nitrogens with one attached hydrogen (secondary N) is 1. The molecule has 2 amide bonds. The van der Waals surface area contributed by atoms with E-state index in [0.717, 1.165) is 5.56 Å². The molecule has 1 aromatic heterocycles. The minimum atomic E-state index is -0.560. The van der Waals surface area contributed by atoms with E-state index in [4.69, 9.17) is 4.74 Å². The summed E-state index contributed by atoms with van der Waals surface area (Å²) in [4.78, 5) is 29.3. The molecule has 0 saturated carbocycles. The van der Waals surface area contributed by atoms with Crippen LogP contribution in [0.5, 0.6) is 0 Å². The van der Waals surface area contributed by atoms with Crippen LogP contribution in [0.4, 0.5) is 4.79 Å². The van der Waals surface area contributed by atoms with Gasteiger partial charge in [0, 0.05) is 25.5 Å². The second-order valence-electron chi connectivity index (χ2n) is 6.25. The van der Waals surface area contributed by atoms with Gasteiger partial charge < -0.3 is 15.0 Å². The average molecular weight is 331 g/mol. The second-order valence-corrected chi connectivity index (χ2v) is 6.25. The number of ether oxygens (including phenoxy) is 1. The number of aromatic nitrogens is 1. The molecular weight excluding hydrogens is 306 g/mol. The second kappa shape index (κ2) is 9.56. The van der Waals surface area contributed by atoms with Crippen molar-refractivity contribution < 1.29 is 14.3 Å². The van der Waals surface area contributed by atoms with Crippen LogP contribution in [0.15, 0.2) is 24.5 Å². The summed E-state index contributed by atoms with van der Waals surface area (Å²) in [5, 5.41) is 2.69. The summed E-state index contributed by atoms with van der Waals surface area (Å²) in [7, 11) is 0. The number of pyridine rings is 1. The summed E-state index contributed by atoms with van der Waals surface area (Å²) < 4.78 is 5.45. The fraction of sp³-hybridized carbons (Fsp3) is 0.500. The number of hydrogen-bond acceptors (Lipinski definition) is 4. The lowest BCUT2D eigenvalue weighted by molar-refractivity contribution is -0.115. The normalized spacial score (nSPS) is 10.3. The molecule has 0 aliphatic carbocycles. The lowest BCUT2D eigenvalue weighted by Crippen LogP contribution is -2.38. The Morgan fingerprint density at radius 3 is 2.71 bits per heavy atom. The number of hydrogen-bond donors (Lipinski definition) is 1. The van der Waals surface area contributed by atoms with E-state index in [1.165, 1.54) is 0 Å². The van der Waals surface area contributed by atoms with Gasteiger partial charge >= 0.3 is 6.09 Å². The molecule has 0 spiro atoms. The lowest BCUT2D eigenvalue weighted by Gasteiger charge is -2.27. The molecule has 1 aromatic rings. The number of nitrogens with zero attached hydrogens (tertiary/aromatic N) is 2. The molecule has 0 aromatic carbocycles. The summed E-state index contributed by atoms with van der Waals surface area (Å²) in [5.74, 6) is 4.64. The predicted molar refractivity (Wildman–Crippen MR) is 92.0 cm³/mol. The largest absolute Gasteiger partial charge is 0.444 e. The molecule has 1 heterocycles. The van der Waals surface area contributed by atoms with Crippen LogP contribution in [0.25, 0.3) is 0 Å². The Bertz CT molecular complexity index is 597. The SMILES string of the molecule is CC#CC(=O)NCCCN(Cc1cccnc1)C(=O)OC(C)(C)C. The maximum absolute atomic E-state index is 12.4. The summed E-state index contributed by atoms with van der Waals surface area (Å²) in [6.07, 6.45) is 3.63. The van der Waals surface area contributed by atoms with Crippen LogP contribution in [0.2, 0.25) is 0 Å². The maximum Gasteiger partial charge on any atom is 0.410 e. The number of rotatable bonds is 6. The van der Waals surface area contributed by atoms with Crippen LogP contribution in [-0.4, -0.2) is 40.6 Å². The minimum Gasteiger partial charge on any atom is -0.444 e. The lowest BCUT2D eigenvalue weighted by atomic mass is 10.2. The Kier molecular flexibility index (Phi) is 7.76. The van der Waals surface area contributed by atoms with Gasteiger partial charge in [0.2, 0.25) is 0 Å². The first-order valence-corrected chi connectivity index (χ1v) is 7.89. The van der Waals surface area contributed by atoms with Crippen molar-refractivity contribution in [1.82, 2.24) is 15.2 Å². The van der Waals surface area contributed by atoms with Crippen LogP contribution in [-0.2, 0) is 16.1 Å². The van der Waals surface area contributed by atoms with Crippen molar-refractivity contribution in [1.29, 1.82) is 0 Å². The van der Waals surface area contributed by atoms with Crippen LogP contribution in [0.3, 0.4) is 0 Å². The third kappa shape index (κ3) is 8.18. The van der Waals surface area contributed by atoms with Gasteiger partial charge in [-0.2, -0.15) is 0 Å². The molecule has 6 heteroatoms. The highest BCUT2D eigenvalue weighted by Gasteiger charge is 2.22. The van der Waals surface area contributed by atoms with Gasteiger partial charge in [0.1, 0.15) is 5.60 Å². The molecule has 6 nitrogen and oxygen atoms in total. The van der Waals surface area contributed by atoms with Gasteiger partial charge in [-0.3, -0.25) is 9.78 Å². The van der Waals surface area contributed by atoms with Crippen molar-refractivity contribution in [2.45, 2.75) is 46.3 Å². The van der Waals surface area contributed by atoms with E-state index < -0.39 is 5.60 Å². The predicted octanol–water partition coefficient (Wildman–Crippen LogP) is 2.35. The number of carbonyl (C=O) groups is 2. The third-order valence-corrected chi connectivity index (χ3v) is 2.88. The Balaban J connectivity index is 2.61. The number of amides is 2. The first-order valence-electron chi connectivity index (χ1n) is 7.89. The van der Waals surface area contributed by atoms with E-state index in [1.807, 2.05) is 32.9 Å². The molecule has 0 fully saturated rings. The van der Waals surface area contributed by atoms with E-state index in [-0.39, 0.29) is 12.0 Å². The molecule has 0 unspecified atom stereocenters. The zero-order valence-corrected chi connectivity index (χ0v) is 14.8. The zero-order chi connectivity index (χ0) is 18.0. The number of carbonyl (C=O) groups excluding carboxylic acids is 2. The molecule has 0 aliphatic rings. The smallest absolute Gasteiger partial charge is 0.410 e. The topological polar surface area (TPSA) is 71.5 Å². The van der Waals surface area contributed by atoms with Gasteiger partial charge in [-0.1, -0.05) is 12.0 Å². The Morgan fingerprint density at radius 2 is 2.12 bits per heavy atom. The highest BCUT2D eigenvalue weighted by molar-refractivity contribution is 5.93. The van der Waals surface area contributed by atoms with Crippen molar-refractivity contribution in [2.75, 3.05) is 13.1 Å². The monoisotopic (exact) mass is 331 g/mol. The van der Waals surface area contributed by atoms with Crippen LogP contribution in [0.1, 0.15) is 39.7 Å². The van der Waals surface area contributed by atoms with Crippen molar-refractivity contribution >= 4 is 12.0 Å². The summed E-state index contributed by atoms with van der Waals surface area (Å²) >= 11 is 0. The molecule has 0 atom stereocenters. The molecule has 0 bridgehead atoms. The molecule has 24 heavy (non-hydrogen) atoms. The maximum atomic E-state index is 12.4. The zero-order valence-electron chi connectivity index (χ0n) is 14.8. The molecule has 0 aliphatic heterocycles. The van der Waals surface area contributed by atoms with E-state index in [0.29, 0.717) is 26.1 Å². The Morgan fingerprint density at radius 1 is 1.38 bits per heavy atom. The van der Waals surface area contributed by atoms with Crippen molar-refractivity contribution in [3.05, 3.63) is 30.1 Å². The van der Waals surface area contributed by atoms with Gasteiger partial charge in [-0.25, -0.2) is 4.79 Å². The van der Waals surface area contributed by atoms with Crippen molar-refractivity contribution in [2.24, 2.45) is 0 Å². The summed E-state index contributed by atoms with van der Waals surface area (Å²) in [6, 6.07) is 3.73. The standard InChI is InChI=1S/C18H25N3O3/c1-5-8-16(22)20-11-7-12-21(17(23)24-18(2,3)4)14-15-9-6-10-19-13-15/h6,9-10,13H,7,11-12,14H2,1-4H3,(H,20,22). The quantitative estimate of drug-likeness (QED) is 0.641. The minimum absolute atomic E-state index is 0.312. The molecule has 1 N–H and O–H groups in total. The molecule has 0 saturated heterocycles. The van der Waals surface area contributed by atoms with Gasteiger partial charge in [0.25, 0.3) is 5.91 Å². The van der Waals surface area contributed by atoms with E-state index >= 15 is 0 Å². The first kappa shape index (κ1) is 19.5. The van der Waals surface area contributed by atoms with E-state index in [9.17, 15) is 9.59 Å². The third-order valence-electron chi connectivity index (χ3n) is 2.88. The van der Waals surface area contributed by atoms with Crippen LogP contribution in [0, 0.1) is 11.8 Å². The summed E-state index contributed by atoms with van der Waals surface area (Å²) in [5.41, 5.74) is 0.360. The highest BCUT2D eigenvalue weighted by atomic mass is 16.6. The Labute approximate surface area is 143 Å². The van der Waals surface area contributed by atoms with Gasteiger partial charge in [-0.05, 0) is 51.7 Å². The fourth-order valence-corrected chi connectivity index (χ4v) is 1.90. The van der Waals surface area contributed by atoms with Crippen molar-refractivity contribution in [3.8, 4) is 11.8 Å². The molecular formula is C18H25N3O3.